The minimum absolute atomic E-state index is 0.165. The highest BCUT2D eigenvalue weighted by Gasteiger charge is 2.59. The molecule has 0 amide bonds. The Balaban J connectivity index is 0.000000117. The third-order valence-electron chi connectivity index (χ3n) is 12.8. The fourth-order valence-corrected chi connectivity index (χ4v) is 9.73. The number of hydrogen-bond donors (Lipinski definition) is 1. The summed E-state index contributed by atoms with van der Waals surface area (Å²) in [7, 11) is 3.54. The molecule has 4 aliphatic rings. The molecule has 2 aromatic carbocycles. The maximum Gasteiger partial charge on any atom is 0.280 e. The van der Waals surface area contributed by atoms with Gasteiger partial charge in [-0.1, -0.05) is 26.2 Å². The number of benzene rings is 2. The van der Waals surface area contributed by atoms with Gasteiger partial charge in [0.05, 0.1) is 12.7 Å². The molecule has 6 atom stereocenters. The molecule has 328 valence electrons. The van der Waals surface area contributed by atoms with Crippen LogP contribution in [0.15, 0.2) is 106 Å². The van der Waals surface area contributed by atoms with Gasteiger partial charge in [-0.05, 0) is 67.1 Å². The molecule has 14 rings (SSSR count). The molecular weight excluding hydrogens is 904 g/mol. The summed E-state index contributed by atoms with van der Waals surface area (Å²) in [6.45, 7) is 4.35. The third kappa shape index (κ3) is 7.06. The van der Waals surface area contributed by atoms with Gasteiger partial charge in [0.1, 0.15) is 36.8 Å². The number of nitrogens with zero attached hydrogens (tertiary/aromatic N) is 15. The fourth-order valence-electron chi connectivity index (χ4n) is 9.39. The molecule has 0 radical (unpaired) electrons. The van der Waals surface area contributed by atoms with Crippen molar-refractivity contribution in [1.29, 1.82) is 0 Å². The number of piperidine rings is 2. The largest absolute Gasteiger partial charge is 0.443 e. The Hall–Kier alpha value is -7.40. The second kappa shape index (κ2) is 15.4. The van der Waals surface area contributed by atoms with Gasteiger partial charge in [-0.2, -0.15) is 9.97 Å². The average molecular weight is 942 g/mol. The molecule has 2 saturated carbocycles. The van der Waals surface area contributed by atoms with Crippen molar-refractivity contribution in [2.45, 2.75) is 24.9 Å². The van der Waals surface area contributed by atoms with E-state index in [9.17, 15) is 9.59 Å². The second-order valence-corrected chi connectivity index (χ2v) is 17.7. The Morgan fingerprint density at radius 1 is 0.646 bits per heavy atom. The van der Waals surface area contributed by atoms with Gasteiger partial charge >= 0.3 is 0 Å². The van der Waals surface area contributed by atoms with E-state index < -0.39 is 0 Å². The van der Waals surface area contributed by atoms with Crippen molar-refractivity contribution >= 4 is 66.1 Å². The molecule has 2 aliphatic carbocycles. The molecule has 0 bridgehead atoms. The Morgan fingerprint density at radius 2 is 1.15 bits per heavy atom. The Kier molecular flexibility index (Phi) is 9.29. The van der Waals surface area contributed by atoms with E-state index >= 15 is 0 Å². The van der Waals surface area contributed by atoms with E-state index in [4.69, 9.17) is 17.9 Å². The zero-order chi connectivity index (χ0) is 43.9. The molecule has 2 saturated heterocycles. The number of imidazole rings is 2. The van der Waals surface area contributed by atoms with Crippen LogP contribution in [0.5, 0.6) is 0 Å². The highest BCUT2D eigenvalue weighted by atomic mass is 79.9. The van der Waals surface area contributed by atoms with Crippen molar-refractivity contribution in [2.75, 3.05) is 31.1 Å². The summed E-state index contributed by atoms with van der Waals surface area (Å²) in [6, 6.07) is 11.8. The fraction of sp³-hybridized carbons (Fsp3) is 0.333. The predicted molar refractivity (Wildman–Crippen MR) is 233 cm³/mol. The molecule has 1 N–H and O–H groups in total. The van der Waals surface area contributed by atoms with Gasteiger partial charge in [0.15, 0.2) is 57.9 Å². The van der Waals surface area contributed by atoms with Crippen molar-refractivity contribution < 1.29 is 17.9 Å². The average Bonchev–Trinajstić information content (AvgIpc) is 4.06. The zero-order valence-electron chi connectivity index (χ0n) is 34.7. The van der Waals surface area contributed by atoms with Gasteiger partial charge < -0.3 is 37.2 Å². The highest BCUT2D eigenvalue weighted by molar-refractivity contribution is 9.10. The van der Waals surface area contributed by atoms with Crippen molar-refractivity contribution in [3.05, 3.63) is 123 Å². The summed E-state index contributed by atoms with van der Waals surface area (Å²) in [5, 5.41) is 11.6. The first-order valence-corrected chi connectivity index (χ1v) is 21.7. The van der Waals surface area contributed by atoms with Crippen LogP contribution >= 0.6 is 15.9 Å². The van der Waals surface area contributed by atoms with Crippen molar-refractivity contribution in [3.8, 4) is 0 Å². The van der Waals surface area contributed by atoms with Crippen molar-refractivity contribution in [2.24, 2.45) is 37.8 Å². The number of fused-ring (bicyclic) bond motifs is 6. The van der Waals surface area contributed by atoms with E-state index in [2.05, 4.69) is 82.4 Å². The first kappa shape index (κ1) is 39.2. The molecule has 2 unspecified atom stereocenters. The van der Waals surface area contributed by atoms with E-state index in [0.29, 0.717) is 69.6 Å². The van der Waals surface area contributed by atoms with Gasteiger partial charge in [-0.25, -0.2) is 29.9 Å². The number of oxazole rings is 2. The second-order valence-electron chi connectivity index (χ2n) is 16.7. The lowest BCUT2D eigenvalue weighted by Gasteiger charge is -2.21. The maximum absolute atomic E-state index is 12.7. The topological polar surface area (TPSA) is 251 Å². The summed E-state index contributed by atoms with van der Waals surface area (Å²) in [5.74, 6) is 5.30. The number of halogens is 1. The molecule has 4 fully saturated rings. The van der Waals surface area contributed by atoms with Crippen molar-refractivity contribution in [3.63, 3.8) is 0 Å². The quantitative estimate of drug-likeness (QED) is 0.239. The monoisotopic (exact) mass is 940 g/mol. The van der Waals surface area contributed by atoms with Gasteiger partial charge in [0.25, 0.3) is 11.1 Å². The molecule has 0 spiro atoms. The van der Waals surface area contributed by atoms with Crippen LogP contribution in [-0.2, 0) is 27.2 Å². The van der Waals surface area contributed by atoms with Gasteiger partial charge in [-0.15, -0.1) is 0 Å². The predicted octanol–water partition coefficient (Wildman–Crippen LogP) is 3.64. The van der Waals surface area contributed by atoms with Crippen LogP contribution in [0.1, 0.15) is 35.3 Å². The molecule has 22 nitrogen and oxygen atoms in total. The zero-order valence-corrected chi connectivity index (χ0v) is 36.3. The third-order valence-corrected chi connectivity index (χ3v) is 13.3. The molecule has 8 aromatic heterocycles. The molecule has 2 aliphatic heterocycles. The summed E-state index contributed by atoms with van der Waals surface area (Å²) in [6.07, 6.45) is 9.00. The summed E-state index contributed by atoms with van der Waals surface area (Å²) in [4.78, 5) is 61.4. The Bertz CT molecular complexity index is 3500. The van der Waals surface area contributed by atoms with Gasteiger partial charge in [0.2, 0.25) is 11.8 Å². The lowest BCUT2D eigenvalue weighted by atomic mass is 10.2. The summed E-state index contributed by atoms with van der Waals surface area (Å²) in [5.41, 5.74) is 5.96. The van der Waals surface area contributed by atoms with Gasteiger partial charge in [-0.3, -0.25) is 18.7 Å². The smallest absolute Gasteiger partial charge is 0.280 e. The number of aromatic nitrogens is 14. The molecular formula is C42H37BrN16O6. The van der Waals surface area contributed by atoms with E-state index in [0.717, 1.165) is 70.2 Å². The van der Waals surface area contributed by atoms with Crippen LogP contribution < -0.4 is 21.3 Å². The van der Waals surface area contributed by atoms with Crippen LogP contribution in [0.2, 0.25) is 0 Å². The van der Waals surface area contributed by atoms with E-state index in [1.165, 1.54) is 34.6 Å². The SMILES string of the molecule is Brc1ccc2ncoc2c1.Cn1cnc2ncn(Cc3nc(C4[C@H]5CN(c6ccc7ncoc7c6)C[C@@H]45)no3)c(=O)c21.Cn1cnc2ncn(Cc3nc(C4[C@H]5CNC[C@@H]45)no3)c(=O)c21. The van der Waals surface area contributed by atoms with Crippen LogP contribution in [0, 0.1) is 23.7 Å². The van der Waals surface area contributed by atoms with E-state index in [1.807, 2.05) is 30.3 Å². The number of rotatable bonds is 7. The first-order valence-electron chi connectivity index (χ1n) is 20.9. The number of nitrogens with one attached hydrogen (secondary N) is 1. The maximum atomic E-state index is 12.7. The van der Waals surface area contributed by atoms with Crippen LogP contribution in [-0.4, -0.2) is 94.6 Å². The first-order chi connectivity index (χ1) is 31.7. The molecule has 10 heterocycles. The minimum Gasteiger partial charge on any atom is -0.443 e. The standard InChI is InChI=1S/C21H18N8O3.C14H15N7O2.C7H4BrNO/c1-27-8-22-20-18(27)21(30)29(9-23-20)7-16-25-19(26-32-16)17-12-5-28(6-13(12)17)11-2-3-14-15(4-11)31-10-24-14;1-20-5-16-13-11(20)14(22)21(6-17-13)4-9-18-12(19-23-9)10-7-2-15-3-8(7)10;8-5-1-2-6-7(3-5)10-4-9-6/h2-4,8-10,12-13,17H,5-7H2,1H3;5-8,10,15H,2-4H2,1H3;1-4H/t12-,13+,17?;7-,8+,10?;. The Morgan fingerprint density at radius 3 is 1.72 bits per heavy atom. The van der Waals surface area contributed by atoms with Crippen molar-refractivity contribution in [1.82, 2.24) is 73.8 Å². The molecule has 65 heavy (non-hydrogen) atoms. The minimum atomic E-state index is -0.183. The van der Waals surface area contributed by atoms with E-state index in [-0.39, 0.29) is 24.2 Å². The van der Waals surface area contributed by atoms with Crippen LogP contribution in [0.25, 0.3) is 44.5 Å². The normalized spacial score (nSPS) is 21.7. The summed E-state index contributed by atoms with van der Waals surface area (Å²) < 4.78 is 28.5. The van der Waals surface area contributed by atoms with Crippen LogP contribution in [0.3, 0.4) is 0 Å². The molecule has 10 aromatic rings. The van der Waals surface area contributed by atoms with Gasteiger partial charge in [0, 0.05) is 55.2 Å². The summed E-state index contributed by atoms with van der Waals surface area (Å²) >= 11 is 3.33. The molecule has 23 heteroatoms. The van der Waals surface area contributed by atoms with E-state index in [1.54, 1.807) is 35.9 Å². The Labute approximate surface area is 373 Å². The lowest BCUT2D eigenvalue weighted by Crippen LogP contribution is -2.23. The van der Waals surface area contributed by atoms with Crippen LogP contribution in [0.4, 0.5) is 5.69 Å². The number of aryl methyl sites for hydroxylation is 2. The number of hydrogen-bond acceptors (Lipinski definition) is 18. The number of anilines is 1. The lowest BCUT2D eigenvalue weighted by molar-refractivity contribution is 0.363. The highest BCUT2D eigenvalue weighted by Crippen LogP contribution is 2.58.